The van der Waals surface area contributed by atoms with Gasteiger partial charge in [0.1, 0.15) is 0 Å². The molecule has 2 saturated heterocycles. The van der Waals surface area contributed by atoms with Crippen LogP contribution in [-0.4, -0.2) is 57.9 Å². The van der Waals surface area contributed by atoms with E-state index < -0.39 is 5.41 Å². The van der Waals surface area contributed by atoms with Crippen molar-refractivity contribution in [2.24, 2.45) is 11.8 Å². The van der Waals surface area contributed by atoms with Gasteiger partial charge in [0.15, 0.2) is 5.82 Å². The lowest BCUT2D eigenvalue weighted by atomic mass is 9.73. The molecule has 0 saturated carbocycles. The maximum absolute atomic E-state index is 13.1. The predicted octanol–water partition coefficient (Wildman–Crippen LogP) is 2.28. The molecule has 0 spiro atoms. The molecule has 2 aromatic rings. The first-order valence-corrected chi connectivity index (χ1v) is 9.84. The Balaban J connectivity index is 1.67. The van der Waals surface area contributed by atoms with Crippen LogP contribution < -0.4 is 0 Å². The molecule has 0 unspecified atom stereocenters. The molecule has 1 aromatic heterocycles. The lowest BCUT2D eigenvalue weighted by molar-refractivity contribution is -0.133. The number of likely N-dealkylation sites (tertiary alicyclic amines) is 2. The van der Waals surface area contributed by atoms with Crippen molar-refractivity contribution in [3.63, 3.8) is 0 Å². The first-order chi connectivity index (χ1) is 13.4. The first-order valence-electron chi connectivity index (χ1n) is 9.84. The minimum atomic E-state index is -0.505. The van der Waals surface area contributed by atoms with Gasteiger partial charge in [0, 0.05) is 37.7 Å². The van der Waals surface area contributed by atoms with Crippen LogP contribution in [0.1, 0.15) is 42.3 Å². The van der Waals surface area contributed by atoms with Crippen LogP contribution in [0.5, 0.6) is 0 Å². The van der Waals surface area contributed by atoms with Gasteiger partial charge >= 0.3 is 0 Å². The van der Waals surface area contributed by atoms with Gasteiger partial charge < -0.3 is 14.3 Å². The average Bonchev–Trinajstić information content (AvgIpc) is 3.31. The highest BCUT2D eigenvalue weighted by atomic mass is 16.5. The van der Waals surface area contributed by atoms with Gasteiger partial charge in [0.05, 0.1) is 5.41 Å². The molecule has 0 bridgehead atoms. The molecule has 2 fully saturated rings. The Morgan fingerprint density at radius 3 is 2.54 bits per heavy atom. The summed E-state index contributed by atoms with van der Waals surface area (Å²) in [7, 11) is 0. The number of carbonyl (C=O) groups is 2. The number of aryl methyl sites for hydroxylation is 1. The fourth-order valence-electron chi connectivity index (χ4n) is 4.53. The summed E-state index contributed by atoms with van der Waals surface area (Å²) in [5.74, 6) is 1.38. The maximum Gasteiger partial charge on any atom is 0.253 e. The summed E-state index contributed by atoms with van der Waals surface area (Å²) in [4.78, 5) is 34.0. The number of aromatic nitrogens is 2. The molecule has 7 nitrogen and oxygen atoms in total. The minimum Gasteiger partial charge on any atom is -0.341 e. The van der Waals surface area contributed by atoms with E-state index in [-0.39, 0.29) is 23.7 Å². The second-order valence-electron chi connectivity index (χ2n) is 8.25. The molecule has 148 valence electrons. The normalized spacial score (nSPS) is 24.5. The molecule has 0 aliphatic carbocycles. The maximum atomic E-state index is 13.1. The van der Waals surface area contributed by atoms with Crippen molar-refractivity contribution in [1.29, 1.82) is 0 Å². The molecule has 7 heteroatoms. The molecule has 28 heavy (non-hydrogen) atoms. The quantitative estimate of drug-likeness (QED) is 0.814. The second-order valence-corrected chi connectivity index (χ2v) is 8.25. The molecule has 2 aliphatic rings. The third-order valence-corrected chi connectivity index (χ3v) is 5.98. The Bertz CT molecular complexity index is 879. The van der Waals surface area contributed by atoms with Crippen LogP contribution in [0.2, 0.25) is 0 Å². The number of hydrogen-bond acceptors (Lipinski definition) is 5. The van der Waals surface area contributed by atoms with Gasteiger partial charge in [-0.2, -0.15) is 4.98 Å². The van der Waals surface area contributed by atoms with Gasteiger partial charge in [-0.1, -0.05) is 37.2 Å². The highest BCUT2D eigenvalue weighted by Crippen LogP contribution is 2.44. The Hall–Kier alpha value is -2.70. The zero-order valence-electron chi connectivity index (χ0n) is 16.6. The Morgan fingerprint density at radius 2 is 1.89 bits per heavy atom. The number of piperidine rings is 1. The SMILES string of the molecule is Cc1noc([C@]23CN(C(=O)c4ccccc4)CC[C@H]2CN(C(=O)C(C)C)C3)n1. The minimum absolute atomic E-state index is 0.00305. The number of amides is 2. The average molecular weight is 382 g/mol. The summed E-state index contributed by atoms with van der Waals surface area (Å²) in [6.07, 6.45) is 0.807. The summed E-state index contributed by atoms with van der Waals surface area (Å²) in [5, 5.41) is 3.99. The van der Waals surface area contributed by atoms with E-state index in [1.54, 1.807) is 6.92 Å². The van der Waals surface area contributed by atoms with E-state index in [0.29, 0.717) is 43.5 Å². The highest BCUT2D eigenvalue weighted by Gasteiger charge is 2.56. The summed E-state index contributed by atoms with van der Waals surface area (Å²) < 4.78 is 5.59. The van der Waals surface area contributed by atoms with Crippen molar-refractivity contribution < 1.29 is 14.1 Å². The molecule has 4 rings (SSSR count). The number of benzene rings is 1. The molecular formula is C21H26N4O3. The number of rotatable bonds is 3. The van der Waals surface area contributed by atoms with Crippen molar-refractivity contribution in [2.45, 2.75) is 32.6 Å². The summed E-state index contributed by atoms with van der Waals surface area (Å²) >= 11 is 0. The van der Waals surface area contributed by atoms with E-state index in [4.69, 9.17) is 4.52 Å². The van der Waals surface area contributed by atoms with Crippen LogP contribution in [0.25, 0.3) is 0 Å². The third-order valence-electron chi connectivity index (χ3n) is 5.98. The highest BCUT2D eigenvalue weighted by molar-refractivity contribution is 5.94. The van der Waals surface area contributed by atoms with E-state index in [9.17, 15) is 9.59 Å². The molecular weight excluding hydrogens is 356 g/mol. The Kier molecular flexibility index (Phi) is 4.69. The zero-order chi connectivity index (χ0) is 19.9. The van der Waals surface area contributed by atoms with E-state index >= 15 is 0 Å². The molecule has 3 heterocycles. The first kappa shape index (κ1) is 18.7. The van der Waals surface area contributed by atoms with Crippen molar-refractivity contribution >= 4 is 11.8 Å². The largest absolute Gasteiger partial charge is 0.341 e. The van der Waals surface area contributed by atoms with E-state index in [1.807, 2.05) is 54.0 Å². The smallest absolute Gasteiger partial charge is 0.253 e. The van der Waals surface area contributed by atoms with E-state index in [2.05, 4.69) is 10.1 Å². The predicted molar refractivity (Wildman–Crippen MR) is 103 cm³/mol. The monoisotopic (exact) mass is 382 g/mol. The van der Waals surface area contributed by atoms with Crippen LogP contribution in [-0.2, 0) is 10.2 Å². The number of hydrogen-bond donors (Lipinski definition) is 0. The van der Waals surface area contributed by atoms with Crippen molar-refractivity contribution in [1.82, 2.24) is 19.9 Å². The lowest BCUT2D eigenvalue weighted by Gasteiger charge is -2.41. The van der Waals surface area contributed by atoms with E-state index in [0.717, 1.165) is 6.42 Å². The number of nitrogens with zero attached hydrogens (tertiary/aromatic N) is 4. The van der Waals surface area contributed by atoms with Crippen molar-refractivity contribution in [3.8, 4) is 0 Å². The molecule has 0 radical (unpaired) electrons. The topological polar surface area (TPSA) is 79.5 Å². The van der Waals surface area contributed by atoms with Crippen LogP contribution >= 0.6 is 0 Å². The molecule has 1 aromatic carbocycles. The fraction of sp³-hybridized carbons (Fsp3) is 0.524. The number of carbonyl (C=O) groups excluding carboxylic acids is 2. The second kappa shape index (κ2) is 7.04. The van der Waals surface area contributed by atoms with Crippen molar-refractivity contribution in [3.05, 3.63) is 47.6 Å². The molecule has 0 N–H and O–H groups in total. The van der Waals surface area contributed by atoms with Crippen LogP contribution in [0.15, 0.2) is 34.9 Å². The van der Waals surface area contributed by atoms with Crippen molar-refractivity contribution in [2.75, 3.05) is 26.2 Å². The van der Waals surface area contributed by atoms with Gasteiger partial charge in [-0.05, 0) is 31.4 Å². The van der Waals surface area contributed by atoms with Gasteiger partial charge in [-0.25, -0.2) is 0 Å². The third kappa shape index (κ3) is 3.08. The van der Waals surface area contributed by atoms with Crippen LogP contribution in [0.3, 0.4) is 0 Å². The Morgan fingerprint density at radius 1 is 1.18 bits per heavy atom. The Labute approximate surface area is 164 Å². The summed E-state index contributed by atoms with van der Waals surface area (Å²) in [6, 6.07) is 9.31. The van der Waals surface area contributed by atoms with Crippen LogP contribution in [0, 0.1) is 18.8 Å². The molecule has 2 atom stereocenters. The van der Waals surface area contributed by atoms with Gasteiger partial charge in [-0.3, -0.25) is 9.59 Å². The molecule has 2 amide bonds. The van der Waals surface area contributed by atoms with Crippen LogP contribution in [0.4, 0.5) is 0 Å². The zero-order valence-corrected chi connectivity index (χ0v) is 16.6. The lowest BCUT2D eigenvalue weighted by Crippen LogP contribution is -2.53. The van der Waals surface area contributed by atoms with E-state index in [1.165, 1.54) is 0 Å². The summed E-state index contributed by atoms with van der Waals surface area (Å²) in [5.41, 5.74) is 0.167. The standard InChI is InChI=1S/C21H26N4O3/c1-14(2)18(26)25-11-17-9-10-24(19(27)16-7-5-4-6-8-16)12-21(17,13-25)20-22-15(3)23-28-20/h4-8,14,17H,9-13H2,1-3H3/t17-,21-/m0/s1. The fourth-order valence-corrected chi connectivity index (χ4v) is 4.53. The number of fused-ring (bicyclic) bond motifs is 1. The summed E-state index contributed by atoms with van der Waals surface area (Å²) in [6.45, 7) is 7.95. The van der Waals surface area contributed by atoms with Gasteiger partial charge in [-0.15, -0.1) is 0 Å². The van der Waals surface area contributed by atoms with Gasteiger partial charge in [0.25, 0.3) is 5.91 Å². The van der Waals surface area contributed by atoms with Gasteiger partial charge in [0.2, 0.25) is 11.8 Å². The molecule has 2 aliphatic heterocycles.